The number of nitrogens with two attached hydrogens (primary N) is 1. The fraction of sp³-hybridized carbons (Fsp3) is 0.417. The lowest BCUT2D eigenvalue weighted by Gasteiger charge is -2.34. The quantitative estimate of drug-likeness (QED) is 0.215. The number of carbonyl (C=O) groups is 1. The standard InChI is InChI=1S/C36H33ClF3N9O3S/c1-18-23(5-9-48(18)35(50)46-10-7-43-17-46)49-11-12-51-30-26-29(44-34(45-33(26)49)52-16-36-6-2-8-47(36)15-19(38)13-36)28(40)25(27(30)37)20-3-4-22(39)31-24(20)21(14-41)32(42)53-31/h3-4,7,10,17-19,23H,2,5-6,8-9,11-13,15-16,42H2,1H3/t18-,19-,23-,36+/m1/s1. The van der Waals surface area contributed by atoms with Crippen LogP contribution in [0, 0.1) is 23.0 Å². The minimum absolute atomic E-state index is 0.00791. The zero-order valence-corrected chi connectivity index (χ0v) is 30.1. The van der Waals surface area contributed by atoms with Gasteiger partial charge >= 0.3 is 12.0 Å². The van der Waals surface area contributed by atoms with E-state index in [2.05, 4.69) is 14.9 Å². The predicted molar refractivity (Wildman–Crippen MR) is 193 cm³/mol. The first kappa shape index (κ1) is 34.0. The van der Waals surface area contributed by atoms with E-state index in [1.165, 1.54) is 23.0 Å². The van der Waals surface area contributed by atoms with Crippen LogP contribution in [0.3, 0.4) is 0 Å². The van der Waals surface area contributed by atoms with E-state index in [-0.39, 0.29) is 90.8 Å². The van der Waals surface area contributed by atoms with Crippen molar-refractivity contribution in [3.05, 3.63) is 53.1 Å². The number of nitrogens with zero attached hydrogens (tertiary/aromatic N) is 8. The summed E-state index contributed by atoms with van der Waals surface area (Å²) in [6, 6.07) is 3.68. The highest BCUT2D eigenvalue weighted by molar-refractivity contribution is 7.23. The van der Waals surface area contributed by atoms with Crippen LogP contribution in [0.15, 0.2) is 30.9 Å². The van der Waals surface area contributed by atoms with Crippen molar-refractivity contribution < 1.29 is 27.4 Å². The molecular formula is C36H33ClF3N9O3S. The van der Waals surface area contributed by atoms with Gasteiger partial charge in [0.1, 0.15) is 53.9 Å². The van der Waals surface area contributed by atoms with Crippen molar-refractivity contribution in [2.24, 2.45) is 0 Å². The zero-order chi connectivity index (χ0) is 36.8. The third-order valence-electron chi connectivity index (χ3n) is 11.3. The summed E-state index contributed by atoms with van der Waals surface area (Å²) in [5.41, 5.74) is 5.46. The van der Waals surface area contributed by atoms with Gasteiger partial charge in [-0.3, -0.25) is 9.47 Å². The van der Waals surface area contributed by atoms with Gasteiger partial charge in [-0.25, -0.2) is 22.9 Å². The van der Waals surface area contributed by atoms with Crippen molar-refractivity contribution in [1.29, 1.82) is 5.26 Å². The number of imidazole rings is 1. The molecule has 3 saturated heterocycles. The van der Waals surface area contributed by atoms with Gasteiger partial charge in [0.25, 0.3) is 0 Å². The summed E-state index contributed by atoms with van der Waals surface area (Å²) in [5.74, 6) is -1.03. The fourth-order valence-electron chi connectivity index (χ4n) is 8.84. The third kappa shape index (κ3) is 5.19. The van der Waals surface area contributed by atoms with Crippen molar-refractivity contribution in [3.8, 4) is 29.0 Å². The van der Waals surface area contributed by atoms with Crippen molar-refractivity contribution in [2.45, 2.75) is 56.4 Å². The number of anilines is 2. The molecule has 7 heterocycles. The van der Waals surface area contributed by atoms with Crippen molar-refractivity contribution in [1.82, 2.24) is 29.3 Å². The molecule has 3 fully saturated rings. The first-order chi connectivity index (χ1) is 25.6. The number of rotatable bonds is 5. The molecule has 17 heteroatoms. The summed E-state index contributed by atoms with van der Waals surface area (Å²) in [5, 5.41) is 10.3. The molecule has 0 aliphatic carbocycles. The SMILES string of the molecule is C[C@@H]1[C@H](N2CCOc3c(Cl)c(-c4ccc(F)c5sc(N)c(C#N)c45)c(F)c4nc(OC[C@@]56CCCN5C[C@H](F)C6)nc2c34)CCN1C(=O)n1ccnc1. The van der Waals surface area contributed by atoms with Gasteiger partial charge in [-0.1, -0.05) is 17.7 Å². The lowest BCUT2D eigenvalue weighted by molar-refractivity contribution is 0.107. The van der Waals surface area contributed by atoms with E-state index in [4.69, 9.17) is 31.8 Å². The summed E-state index contributed by atoms with van der Waals surface area (Å²) < 4.78 is 61.3. The van der Waals surface area contributed by atoms with E-state index in [1.807, 2.05) is 17.9 Å². The number of benzene rings is 2. The summed E-state index contributed by atoms with van der Waals surface area (Å²) >= 11 is 7.98. The molecule has 3 aromatic heterocycles. The molecule has 0 unspecified atom stereocenters. The predicted octanol–water partition coefficient (Wildman–Crippen LogP) is 6.38. The number of nitrogen functional groups attached to an aromatic ring is 1. The monoisotopic (exact) mass is 763 g/mol. The van der Waals surface area contributed by atoms with Gasteiger partial charge in [0.15, 0.2) is 11.6 Å². The Balaban J connectivity index is 1.21. The van der Waals surface area contributed by atoms with Crippen LogP contribution in [0.4, 0.5) is 28.8 Å². The number of nitriles is 1. The van der Waals surface area contributed by atoms with E-state index in [0.717, 1.165) is 30.7 Å². The zero-order valence-electron chi connectivity index (χ0n) is 28.5. The topological polar surface area (TPSA) is 139 Å². The molecule has 0 bridgehead atoms. The summed E-state index contributed by atoms with van der Waals surface area (Å²) in [6.45, 7) is 4.02. The van der Waals surface area contributed by atoms with Crippen LogP contribution < -0.4 is 20.1 Å². The molecule has 0 radical (unpaired) electrons. The number of amides is 1. The number of likely N-dealkylation sites (tertiary alicyclic amines) is 1. The average molecular weight is 764 g/mol. The van der Waals surface area contributed by atoms with E-state index in [1.54, 1.807) is 17.3 Å². The second-order valence-electron chi connectivity index (χ2n) is 14.1. The van der Waals surface area contributed by atoms with E-state index >= 15 is 8.78 Å². The molecule has 5 aromatic rings. The van der Waals surface area contributed by atoms with Crippen LogP contribution in [0.2, 0.25) is 5.02 Å². The van der Waals surface area contributed by atoms with Crippen LogP contribution in [0.1, 0.15) is 38.2 Å². The Morgan fingerprint density at radius 2 is 2.09 bits per heavy atom. The molecular weight excluding hydrogens is 731 g/mol. The number of fused-ring (bicyclic) bond motifs is 2. The molecule has 9 rings (SSSR count). The highest BCUT2D eigenvalue weighted by atomic mass is 35.5. The minimum Gasteiger partial charge on any atom is -0.489 e. The average Bonchev–Trinajstić information content (AvgIpc) is 3.96. The van der Waals surface area contributed by atoms with Gasteiger partial charge in [0, 0.05) is 42.9 Å². The summed E-state index contributed by atoms with van der Waals surface area (Å²) in [6.07, 6.45) is 6.16. The maximum absolute atomic E-state index is 17.4. The second kappa shape index (κ2) is 12.6. The lowest BCUT2D eigenvalue weighted by atomic mass is 9.95. The number of ether oxygens (including phenoxy) is 2. The third-order valence-corrected chi connectivity index (χ3v) is 12.7. The van der Waals surface area contributed by atoms with Crippen LogP contribution in [-0.2, 0) is 0 Å². The van der Waals surface area contributed by atoms with Gasteiger partial charge in [0.2, 0.25) is 0 Å². The van der Waals surface area contributed by atoms with Crippen molar-refractivity contribution >= 4 is 60.8 Å². The van der Waals surface area contributed by atoms with Gasteiger partial charge in [0.05, 0.1) is 44.8 Å². The smallest absolute Gasteiger partial charge is 0.329 e. The van der Waals surface area contributed by atoms with Gasteiger partial charge in [-0.2, -0.15) is 15.2 Å². The summed E-state index contributed by atoms with van der Waals surface area (Å²) in [4.78, 5) is 32.8. The molecule has 274 valence electrons. The van der Waals surface area contributed by atoms with Gasteiger partial charge < -0.3 is 25.0 Å². The number of alkyl halides is 1. The molecule has 53 heavy (non-hydrogen) atoms. The Hall–Kier alpha value is -4.85. The fourth-order valence-corrected chi connectivity index (χ4v) is 10.1. The molecule has 4 aliphatic heterocycles. The number of thiophene rings is 1. The van der Waals surface area contributed by atoms with E-state index < -0.39 is 23.3 Å². The number of hydrogen-bond acceptors (Lipinski definition) is 11. The highest BCUT2D eigenvalue weighted by Crippen LogP contribution is 2.51. The van der Waals surface area contributed by atoms with Crippen LogP contribution in [0.5, 0.6) is 11.8 Å². The molecule has 0 spiro atoms. The molecule has 2 aromatic carbocycles. The first-order valence-corrected chi connectivity index (χ1v) is 18.6. The maximum Gasteiger partial charge on any atom is 0.329 e. The number of hydrogen-bond donors (Lipinski definition) is 1. The molecule has 1 amide bonds. The van der Waals surface area contributed by atoms with Crippen LogP contribution in [0.25, 0.3) is 32.1 Å². The largest absolute Gasteiger partial charge is 0.489 e. The Morgan fingerprint density at radius 1 is 1.25 bits per heavy atom. The molecule has 4 atom stereocenters. The molecule has 0 saturated carbocycles. The highest BCUT2D eigenvalue weighted by Gasteiger charge is 2.49. The van der Waals surface area contributed by atoms with Crippen LogP contribution >= 0.6 is 22.9 Å². The Bertz CT molecular complexity index is 2350. The van der Waals surface area contributed by atoms with Crippen LogP contribution in [-0.4, -0.2) is 98.5 Å². The number of halogens is 4. The maximum atomic E-state index is 17.4. The van der Waals surface area contributed by atoms with Gasteiger partial charge in [-0.15, -0.1) is 11.3 Å². The van der Waals surface area contributed by atoms with Crippen molar-refractivity contribution in [2.75, 3.05) is 50.0 Å². The first-order valence-electron chi connectivity index (χ1n) is 17.4. The Morgan fingerprint density at radius 3 is 2.89 bits per heavy atom. The van der Waals surface area contributed by atoms with E-state index in [9.17, 15) is 14.4 Å². The molecule has 12 nitrogen and oxygen atoms in total. The number of carbonyl (C=O) groups excluding carboxylic acids is 1. The van der Waals surface area contributed by atoms with E-state index in [0.29, 0.717) is 38.3 Å². The Kier molecular flexibility index (Phi) is 8.09. The van der Waals surface area contributed by atoms with Crippen molar-refractivity contribution in [3.63, 3.8) is 0 Å². The lowest BCUT2D eigenvalue weighted by Crippen LogP contribution is -2.47. The minimum atomic E-state index is -0.979. The Labute approximate surface area is 310 Å². The molecule has 4 aliphatic rings. The van der Waals surface area contributed by atoms with Gasteiger partial charge in [-0.05, 0) is 44.4 Å². The second-order valence-corrected chi connectivity index (χ2v) is 15.5. The normalized spacial score (nSPS) is 24.1. The molecule has 2 N–H and O–H groups in total. The number of aromatic nitrogens is 4. The summed E-state index contributed by atoms with van der Waals surface area (Å²) in [7, 11) is 0.